The van der Waals surface area contributed by atoms with E-state index in [1.165, 1.54) is 18.3 Å². The number of ether oxygens (including phenoxy) is 2. The van der Waals surface area contributed by atoms with Crippen LogP contribution in [0.5, 0.6) is 5.75 Å². The number of piperidine rings is 1. The van der Waals surface area contributed by atoms with E-state index in [1.807, 2.05) is 55.7 Å². The maximum Gasteiger partial charge on any atom is 0.357 e. The van der Waals surface area contributed by atoms with E-state index in [0.717, 1.165) is 38.8 Å². The first-order chi connectivity index (χ1) is 15.1. The lowest BCUT2D eigenvalue weighted by Gasteiger charge is -2.33. The highest BCUT2D eigenvalue weighted by molar-refractivity contribution is 6.01. The van der Waals surface area contributed by atoms with Gasteiger partial charge in [0.15, 0.2) is 0 Å². The van der Waals surface area contributed by atoms with E-state index in [4.69, 9.17) is 9.47 Å². The van der Waals surface area contributed by atoms with Crippen LogP contribution in [0.4, 0.5) is 5.69 Å². The number of rotatable bonds is 9. The summed E-state index contributed by atoms with van der Waals surface area (Å²) in [5.74, 6) is -0.241. The van der Waals surface area contributed by atoms with Crippen molar-refractivity contribution in [3.8, 4) is 5.75 Å². The number of nitrogens with zero attached hydrogens (tertiary/aromatic N) is 2. The molecule has 1 aromatic heterocycles. The number of likely N-dealkylation sites (N-methyl/N-ethyl adjacent to an activating group) is 1. The van der Waals surface area contributed by atoms with Crippen LogP contribution in [0.3, 0.4) is 0 Å². The number of hydrogen-bond donors (Lipinski definition) is 1. The first kappa shape index (κ1) is 22.6. The van der Waals surface area contributed by atoms with Crippen LogP contribution < -0.4 is 15.0 Å². The second kappa shape index (κ2) is 11.3. The Morgan fingerprint density at radius 3 is 2.42 bits per heavy atom. The van der Waals surface area contributed by atoms with Gasteiger partial charge in [-0.15, -0.1) is 0 Å². The highest BCUT2D eigenvalue weighted by atomic mass is 16.6. The smallest absolute Gasteiger partial charge is 0.357 e. The predicted molar refractivity (Wildman–Crippen MR) is 119 cm³/mol. The summed E-state index contributed by atoms with van der Waals surface area (Å²) in [6, 6.07) is 11.8. The van der Waals surface area contributed by atoms with Gasteiger partial charge in [0.2, 0.25) is 0 Å². The maximum atomic E-state index is 12.3. The van der Waals surface area contributed by atoms with Gasteiger partial charge in [0, 0.05) is 38.2 Å². The Morgan fingerprint density at radius 2 is 1.81 bits per heavy atom. The van der Waals surface area contributed by atoms with Crippen molar-refractivity contribution in [2.75, 3.05) is 31.6 Å². The van der Waals surface area contributed by atoms with E-state index < -0.39 is 18.0 Å². The van der Waals surface area contributed by atoms with Gasteiger partial charge in [-0.3, -0.25) is 9.78 Å². The van der Waals surface area contributed by atoms with Crippen LogP contribution in [-0.2, 0) is 14.3 Å². The summed E-state index contributed by atoms with van der Waals surface area (Å²) in [6.07, 6.45) is 6.12. The standard InChI is InChI=1S/C24H31N3O4/c1-3-4-17-30-24(29)22(23(28)25-2)31-21-7-5-18(6-8-21)19-11-15-27(16-12-19)20-9-13-26-14-10-20/h5-10,13-14,19,22H,3-4,11-12,15-17H2,1-2H3,(H,25,28). The lowest BCUT2D eigenvalue weighted by atomic mass is 9.89. The van der Waals surface area contributed by atoms with Crippen molar-refractivity contribution < 1.29 is 19.1 Å². The first-order valence-electron chi connectivity index (χ1n) is 10.9. The summed E-state index contributed by atoms with van der Waals surface area (Å²) in [5.41, 5.74) is 2.45. The Balaban J connectivity index is 1.57. The number of aromatic nitrogens is 1. The van der Waals surface area contributed by atoms with Crippen LogP contribution in [0.15, 0.2) is 48.8 Å². The number of anilines is 1. The van der Waals surface area contributed by atoms with Gasteiger partial charge in [-0.1, -0.05) is 25.5 Å². The fourth-order valence-corrected chi connectivity index (χ4v) is 3.71. The van der Waals surface area contributed by atoms with Crippen LogP contribution in [0, 0.1) is 0 Å². The number of pyridine rings is 1. The monoisotopic (exact) mass is 425 g/mol. The zero-order valence-electron chi connectivity index (χ0n) is 18.3. The molecule has 0 bridgehead atoms. The average Bonchev–Trinajstić information content (AvgIpc) is 2.83. The molecule has 0 saturated carbocycles. The second-order valence-corrected chi connectivity index (χ2v) is 7.67. The topological polar surface area (TPSA) is 80.8 Å². The highest BCUT2D eigenvalue weighted by Crippen LogP contribution is 2.31. The third-order valence-corrected chi connectivity index (χ3v) is 5.57. The zero-order valence-corrected chi connectivity index (χ0v) is 18.3. The molecule has 1 fully saturated rings. The van der Waals surface area contributed by atoms with E-state index in [9.17, 15) is 9.59 Å². The molecule has 1 saturated heterocycles. The van der Waals surface area contributed by atoms with Gasteiger partial charge in [0.25, 0.3) is 12.0 Å². The Bertz CT molecular complexity index is 834. The molecule has 1 N–H and O–H groups in total. The molecule has 0 radical (unpaired) electrons. The third kappa shape index (κ3) is 6.20. The van der Waals surface area contributed by atoms with Crippen LogP contribution in [-0.4, -0.2) is 49.7 Å². The Kier molecular flexibility index (Phi) is 8.27. The number of carbonyl (C=O) groups excluding carboxylic acids is 2. The molecule has 1 aromatic carbocycles. The molecule has 0 aliphatic carbocycles. The fraction of sp³-hybridized carbons (Fsp3) is 0.458. The van der Waals surface area contributed by atoms with Crippen LogP contribution >= 0.6 is 0 Å². The van der Waals surface area contributed by atoms with Crippen LogP contribution in [0.1, 0.15) is 44.1 Å². The van der Waals surface area contributed by atoms with Gasteiger partial charge >= 0.3 is 5.97 Å². The van der Waals surface area contributed by atoms with Crippen molar-refractivity contribution in [1.82, 2.24) is 10.3 Å². The lowest BCUT2D eigenvalue weighted by molar-refractivity contribution is -0.156. The summed E-state index contributed by atoms with van der Waals surface area (Å²) in [6.45, 7) is 4.28. The van der Waals surface area contributed by atoms with Gasteiger partial charge in [0.1, 0.15) is 5.75 Å². The minimum absolute atomic E-state index is 0.281. The number of benzene rings is 1. The van der Waals surface area contributed by atoms with E-state index >= 15 is 0 Å². The van der Waals surface area contributed by atoms with E-state index in [-0.39, 0.29) is 6.61 Å². The Morgan fingerprint density at radius 1 is 1.13 bits per heavy atom. The molecule has 0 spiro atoms. The van der Waals surface area contributed by atoms with E-state index in [0.29, 0.717) is 11.7 Å². The van der Waals surface area contributed by atoms with Gasteiger partial charge in [-0.2, -0.15) is 0 Å². The second-order valence-electron chi connectivity index (χ2n) is 7.67. The molecule has 1 unspecified atom stereocenters. The molecule has 1 atom stereocenters. The third-order valence-electron chi connectivity index (χ3n) is 5.57. The largest absolute Gasteiger partial charge is 0.469 e. The van der Waals surface area contributed by atoms with Crippen molar-refractivity contribution in [3.63, 3.8) is 0 Å². The normalized spacial score (nSPS) is 15.2. The summed E-state index contributed by atoms with van der Waals surface area (Å²) in [4.78, 5) is 30.8. The molecule has 1 aliphatic heterocycles. The molecule has 166 valence electrons. The van der Waals surface area contributed by atoms with Crippen molar-refractivity contribution in [2.24, 2.45) is 0 Å². The Labute approximate surface area is 183 Å². The summed E-state index contributed by atoms with van der Waals surface area (Å²) in [5, 5.41) is 2.46. The quantitative estimate of drug-likeness (QED) is 0.377. The Hall–Kier alpha value is -3.09. The van der Waals surface area contributed by atoms with Gasteiger partial charge in [-0.05, 0) is 55.0 Å². The zero-order chi connectivity index (χ0) is 22.1. The van der Waals surface area contributed by atoms with Crippen molar-refractivity contribution in [2.45, 2.75) is 44.6 Å². The predicted octanol–water partition coefficient (Wildman–Crippen LogP) is 3.30. The number of amides is 1. The van der Waals surface area contributed by atoms with Gasteiger partial charge < -0.3 is 19.7 Å². The molecule has 31 heavy (non-hydrogen) atoms. The maximum absolute atomic E-state index is 12.3. The number of esters is 1. The molecule has 7 nitrogen and oxygen atoms in total. The number of unbranched alkanes of at least 4 members (excludes halogenated alkanes) is 1. The molecule has 3 rings (SSSR count). The van der Waals surface area contributed by atoms with Crippen LogP contribution in [0.25, 0.3) is 0 Å². The fourth-order valence-electron chi connectivity index (χ4n) is 3.71. The SMILES string of the molecule is CCCCOC(=O)C(Oc1ccc(C2CCN(c3ccncc3)CC2)cc1)C(=O)NC. The molecule has 2 aromatic rings. The molecule has 1 amide bonds. The average molecular weight is 426 g/mol. The minimum atomic E-state index is -1.31. The minimum Gasteiger partial charge on any atom is -0.469 e. The molecular weight excluding hydrogens is 394 g/mol. The highest BCUT2D eigenvalue weighted by Gasteiger charge is 2.30. The molecular formula is C24H31N3O4. The van der Waals surface area contributed by atoms with Gasteiger partial charge in [-0.25, -0.2) is 4.79 Å². The molecule has 2 heterocycles. The first-order valence-corrected chi connectivity index (χ1v) is 10.9. The lowest BCUT2D eigenvalue weighted by Crippen LogP contribution is -2.43. The number of hydrogen-bond acceptors (Lipinski definition) is 6. The molecule has 1 aliphatic rings. The number of nitrogens with one attached hydrogen (secondary N) is 1. The van der Waals surface area contributed by atoms with Crippen LogP contribution in [0.2, 0.25) is 0 Å². The van der Waals surface area contributed by atoms with Crippen molar-refractivity contribution in [3.05, 3.63) is 54.4 Å². The van der Waals surface area contributed by atoms with Gasteiger partial charge in [0.05, 0.1) is 6.61 Å². The molecule has 7 heteroatoms. The summed E-state index contributed by atoms with van der Waals surface area (Å²) >= 11 is 0. The van der Waals surface area contributed by atoms with Crippen molar-refractivity contribution in [1.29, 1.82) is 0 Å². The van der Waals surface area contributed by atoms with E-state index in [1.54, 1.807) is 0 Å². The summed E-state index contributed by atoms with van der Waals surface area (Å²) in [7, 11) is 1.47. The van der Waals surface area contributed by atoms with E-state index in [2.05, 4.69) is 15.2 Å². The summed E-state index contributed by atoms with van der Waals surface area (Å²) < 4.78 is 10.8. The number of carbonyl (C=O) groups is 2. The van der Waals surface area contributed by atoms with Crippen molar-refractivity contribution >= 4 is 17.6 Å².